The molecule has 2 rings (SSSR count). The van der Waals surface area contributed by atoms with E-state index in [2.05, 4.69) is 4.99 Å². The first-order valence-corrected chi connectivity index (χ1v) is 3.40. The van der Waals surface area contributed by atoms with E-state index in [1.54, 1.807) is 0 Å². The van der Waals surface area contributed by atoms with Crippen molar-refractivity contribution in [2.75, 3.05) is 6.67 Å². The summed E-state index contributed by atoms with van der Waals surface area (Å²) in [5, 5.41) is 2.27. The lowest BCUT2D eigenvalue weighted by molar-refractivity contribution is 0.115. The molecule has 0 saturated carbocycles. The minimum absolute atomic E-state index is 0.108. The number of fused-ring (bicyclic) bond motifs is 1. The second-order valence-electron chi connectivity index (χ2n) is 2.39. The molecule has 1 aromatic rings. The topological polar surface area (TPSA) is 15.6 Å². The molecule has 1 aliphatic heterocycles. The van der Waals surface area contributed by atoms with Crippen molar-refractivity contribution in [2.24, 2.45) is 4.99 Å². The maximum Gasteiger partial charge on any atom is 0.140 e. The number of para-hydroxylation sites is 1. The van der Waals surface area contributed by atoms with Crippen LogP contribution in [0.15, 0.2) is 29.3 Å². The highest BCUT2D eigenvalue weighted by atomic mass is 19.2. The van der Waals surface area contributed by atoms with Gasteiger partial charge in [0.2, 0.25) is 0 Å². The Kier molecular flexibility index (Phi) is 1.35. The summed E-state index contributed by atoms with van der Waals surface area (Å²) in [4.78, 5) is 3.99. The van der Waals surface area contributed by atoms with Crippen LogP contribution in [0.3, 0.4) is 0 Å². The van der Waals surface area contributed by atoms with E-state index in [9.17, 15) is 4.48 Å². The van der Waals surface area contributed by atoms with Gasteiger partial charge in [0.15, 0.2) is 0 Å². The molecule has 1 heterocycles. The monoisotopic (exact) mass is 150 g/mol. The molecule has 1 aromatic carbocycles. The molecule has 0 radical (unpaired) electrons. The van der Waals surface area contributed by atoms with E-state index in [4.69, 9.17) is 0 Å². The lowest BCUT2D eigenvalue weighted by Gasteiger charge is -2.07. The van der Waals surface area contributed by atoms with Crippen molar-refractivity contribution in [3.63, 3.8) is 0 Å². The molecule has 0 aliphatic carbocycles. The van der Waals surface area contributed by atoms with Gasteiger partial charge < -0.3 is 0 Å². The Bertz CT molecular complexity index is 372. The van der Waals surface area contributed by atoms with Crippen LogP contribution >= 0.6 is 0 Å². The third kappa shape index (κ3) is 1.09. The zero-order valence-corrected chi connectivity index (χ0v) is 5.87. The third-order valence-electron chi connectivity index (χ3n) is 1.59. The lowest BCUT2D eigenvalue weighted by atomic mass is 10.3. The van der Waals surface area contributed by atoms with E-state index in [0.29, 0.717) is 5.12 Å². The molecule has 0 atom stereocenters. The van der Waals surface area contributed by atoms with Crippen LogP contribution in [0.5, 0.6) is 0 Å². The summed E-state index contributed by atoms with van der Waals surface area (Å²) < 4.78 is 12.5. The second-order valence-corrected chi connectivity index (χ2v) is 2.39. The van der Waals surface area contributed by atoms with E-state index < -0.39 is 0 Å². The Morgan fingerprint density at radius 1 is 1.36 bits per heavy atom. The number of halogens is 1. The summed E-state index contributed by atoms with van der Waals surface area (Å²) in [7, 11) is 0. The lowest BCUT2D eigenvalue weighted by Crippen LogP contribution is -2.32. The van der Waals surface area contributed by atoms with Gasteiger partial charge in [-0.15, -0.1) is 0 Å². The summed E-state index contributed by atoms with van der Waals surface area (Å²) in [6, 6.07) is 7.47. The van der Waals surface area contributed by atoms with E-state index in [1.165, 1.54) is 6.20 Å². The van der Waals surface area contributed by atoms with Crippen molar-refractivity contribution in [1.29, 1.82) is 0 Å². The maximum absolute atomic E-state index is 12.5. The highest BCUT2D eigenvalue weighted by Gasteiger charge is 1.98. The number of hydrogen-bond donors (Lipinski definition) is 0. The number of nitrogens with zero attached hydrogens (tertiary/aromatic N) is 2. The minimum atomic E-state index is 0.108. The van der Waals surface area contributed by atoms with Gasteiger partial charge in [-0.2, -0.15) is 5.12 Å². The summed E-state index contributed by atoms with van der Waals surface area (Å²) in [6.07, 6.45) is 1.45. The first-order chi connectivity index (χ1) is 5.36. The average Bonchev–Trinajstić information content (AvgIpc) is 2.04. The summed E-state index contributed by atoms with van der Waals surface area (Å²) in [5.74, 6) is 0. The largest absolute Gasteiger partial charge is 0.261 e. The zero-order chi connectivity index (χ0) is 7.68. The molecule has 1 aliphatic rings. The molecule has 0 amide bonds. The molecule has 3 heteroatoms. The van der Waals surface area contributed by atoms with Gasteiger partial charge >= 0.3 is 0 Å². The minimum Gasteiger partial charge on any atom is -0.261 e. The summed E-state index contributed by atoms with van der Waals surface area (Å²) in [5.41, 5.74) is 0. The highest BCUT2D eigenvalue weighted by molar-refractivity contribution is 5.22. The molecule has 0 spiro atoms. The van der Waals surface area contributed by atoms with Gasteiger partial charge in [0.05, 0.1) is 5.36 Å². The molecule has 2 nitrogen and oxygen atoms in total. The van der Waals surface area contributed by atoms with Crippen LogP contribution in [0.1, 0.15) is 0 Å². The van der Waals surface area contributed by atoms with Gasteiger partial charge in [-0.1, -0.05) is 22.7 Å². The fraction of sp³-hybridized carbons (Fsp3) is 0.125. The van der Waals surface area contributed by atoms with Gasteiger partial charge in [-0.05, 0) is 6.07 Å². The van der Waals surface area contributed by atoms with Crippen molar-refractivity contribution in [1.82, 2.24) is 5.12 Å². The van der Waals surface area contributed by atoms with Crippen molar-refractivity contribution < 1.29 is 4.48 Å². The van der Waals surface area contributed by atoms with Crippen LogP contribution in [0, 0.1) is 0 Å². The van der Waals surface area contributed by atoms with Crippen molar-refractivity contribution >= 4 is 6.20 Å². The standard InChI is InChI=1S/C8H7FN2/c9-11-5-7-3-1-2-4-8(7)10-6-11/h1-5H,6H2. The molecule has 56 valence electrons. The van der Waals surface area contributed by atoms with Crippen LogP contribution in [-0.2, 0) is 0 Å². The third-order valence-corrected chi connectivity index (χ3v) is 1.59. The van der Waals surface area contributed by atoms with Crippen LogP contribution in [0.2, 0.25) is 0 Å². The summed E-state index contributed by atoms with van der Waals surface area (Å²) >= 11 is 0. The smallest absolute Gasteiger partial charge is 0.140 e. The SMILES string of the molecule is FN1C=c2ccccc2=NC1. The molecule has 0 fully saturated rings. The average molecular weight is 150 g/mol. The quantitative estimate of drug-likeness (QED) is 0.482. The van der Waals surface area contributed by atoms with Crippen molar-refractivity contribution in [2.45, 2.75) is 0 Å². The fourth-order valence-corrected chi connectivity index (χ4v) is 1.08. The van der Waals surface area contributed by atoms with Gasteiger partial charge in [-0.25, -0.2) is 0 Å². The molecular weight excluding hydrogens is 143 g/mol. The molecule has 0 aromatic heterocycles. The van der Waals surface area contributed by atoms with Gasteiger partial charge in [0.1, 0.15) is 6.67 Å². The molecule has 11 heavy (non-hydrogen) atoms. The maximum atomic E-state index is 12.5. The Labute approximate surface area is 63.2 Å². The van der Waals surface area contributed by atoms with Gasteiger partial charge in [0.25, 0.3) is 0 Å². The molecule has 0 unspecified atom stereocenters. The summed E-state index contributed by atoms with van der Waals surface area (Å²) in [6.45, 7) is 0.108. The van der Waals surface area contributed by atoms with E-state index in [-0.39, 0.29) is 6.67 Å². The van der Waals surface area contributed by atoms with Gasteiger partial charge in [0, 0.05) is 11.4 Å². The fourth-order valence-electron chi connectivity index (χ4n) is 1.08. The van der Waals surface area contributed by atoms with Crippen LogP contribution in [0.4, 0.5) is 4.48 Å². The number of rotatable bonds is 0. The van der Waals surface area contributed by atoms with E-state index in [1.807, 2.05) is 24.3 Å². The normalized spacial score (nSPS) is 14.8. The predicted molar refractivity (Wildman–Crippen MR) is 39.5 cm³/mol. The van der Waals surface area contributed by atoms with E-state index >= 15 is 0 Å². The zero-order valence-electron chi connectivity index (χ0n) is 5.87. The van der Waals surface area contributed by atoms with Crippen molar-refractivity contribution in [3.8, 4) is 0 Å². The molecule has 0 saturated heterocycles. The highest BCUT2D eigenvalue weighted by Crippen LogP contribution is 1.91. The second kappa shape index (κ2) is 2.34. The Balaban J connectivity index is 2.73. The number of benzene rings is 1. The van der Waals surface area contributed by atoms with Crippen LogP contribution in [0.25, 0.3) is 6.20 Å². The Morgan fingerprint density at radius 2 is 2.18 bits per heavy atom. The number of hydrogen-bond acceptors (Lipinski definition) is 2. The van der Waals surface area contributed by atoms with Crippen molar-refractivity contribution in [3.05, 3.63) is 34.8 Å². The Hall–Kier alpha value is -1.38. The molecular formula is C8H7FN2. The molecule has 0 bridgehead atoms. The molecule has 0 N–H and O–H groups in total. The van der Waals surface area contributed by atoms with Gasteiger partial charge in [-0.3, -0.25) is 4.99 Å². The Morgan fingerprint density at radius 3 is 3.09 bits per heavy atom. The van der Waals surface area contributed by atoms with Crippen LogP contribution in [-0.4, -0.2) is 11.8 Å². The van der Waals surface area contributed by atoms with E-state index in [0.717, 1.165) is 10.6 Å². The van der Waals surface area contributed by atoms with Crippen LogP contribution < -0.4 is 10.6 Å². The first kappa shape index (κ1) is 6.34. The first-order valence-electron chi connectivity index (χ1n) is 3.40. The predicted octanol–water partition coefficient (Wildman–Crippen LogP) is 0.202.